The van der Waals surface area contributed by atoms with Crippen LogP contribution >= 0.6 is 28.3 Å². The lowest BCUT2D eigenvalue weighted by Crippen LogP contribution is -2.41. The van der Waals surface area contributed by atoms with Crippen LogP contribution in [0.25, 0.3) is 0 Å². The van der Waals surface area contributed by atoms with E-state index in [1.54, 1.807) is 4.72 Å². The summed E-state index contributed by atoms with van der Waals surface area (Å²) in [5, 5.41) is 0. The van der Waals surface area contributed by atoms with Crippen molar-refractivity contribution >= 4 is 44.3 Å². The average molecular weight is 424 g/mol. The van der Waals surface area contributed by atoms with E-state index >= 15 is 0 Å². The van der Waals surface area contributed by atoms with Crippen molar-refractivity contribution in [1.82, 2.24) is 4.72 Å². The normalized spacial score (nSPS) is 11.7. The third-order valence-corrected chi connectivity index (χ3v) is 4.84. The zero-order valence-electron chi connectivity index (χ0n) is 11.3. The smallest absolute Gasteiger partial charge is 0.337 e. The Bertz CT molecular complexity index is 643. The lowest BCUT2D eigenvalue weighted by Gasteiger charge is -2.15. The molecule has 0 amide bonds. The van der Waals surface area contributed by atoms with Crippen molar-refractivity contribution in [3.05, 3.63) is 28.2 Å². The van der Waals surface area contributed by atoms with Gasteiger partial charge in [-0.3, -0.25) is 0 Å². The van der Waals surface area contributed by atoms with Crippen LogP contribution in [0.3, 0.4) is 0 Å². The summed E-state index contributed by atoms with van der Waals surface area (Å²) < 4.78 is 56.2. The molecule has 0 unspecified atom stereocenters. The standard InChI is InChI=1S/C11H13BrF2N2O4S.ClH/c1-20-10(17)7-2-3-9(8(12)4-7)21(18,19)16-6-11(13,14)5-15;/h2-4,16H,5-6,15H2,1H3;1H. The number of nitrogens with two attached hydrogens (primary N) is 1. The molecule has 0 spiro atoms. The zero-order chi connectivity index (χ0) is 16.3. The third-order valence-electron chi connectivity index (χ3n) is 2.46. The van der Waals surface area contributed by atoms with Gasteiger partial charge in [0.1, 0.15) is 0 Å². The molecule has 0 atom stereocenters. The fourth-order valence-electron chi connectivity index (χ4n) is 1.31. The highest BCUT2D eigenvalue weighted by molar-refractivity contribution is 9.10. The Morgan fingerprint density at radius 2 is 2.05 bits per heavy atom. The van der Waals surface area contributed by atoms with Crippen molar-refractivity contribution in [2.24, 2.45) is 5.73 Å². The van der Waals surface area contributed by atoms with E-state index in [-0.39, 0.29) is 27.3 Å². The predicted octanol–water partition coefficient (Wildman–Crippen LogP) is 1.53. The van der Waals surface area contributed by atoms with Gasteiger partial charge in [-0.15, -0.1) is 12.4 Å². The zero-order valence-corrected chi connectivity index (χ0v) is 14.5. The predicted molar refractivity (Wildman–Crippen MR) is 81.9 cm³/mol. The second-order valence-electron chi connectivity index (χ2n) is 4.02. The molecule has 11 heteroatoms. The molecule has 0 aromatic heterocycles. The molecule has 0 bridgehead atoms. The number of benzene rings is 1. The van der Waals surface area contributed by atoms with Crippen LogP contribution in [0.1, 0.15) is 10.4 Å². The Balaban J connectivity index is 0.00000441. The molecule has 0 saturated heterocycles. The van der Waals surface area contributed by atoms with Gasteiger partial charge >= 0.3 is 5.97 Å². The van der Waals surface area contributed by atoms with Crippen LogP contribution in [0.15, 0.2) is 27.6 Å². The molecular formula is C11H14BrClF2N2O4S. The largest absolute Gasteiger partial charge is 0.465 e. The molecule has 1 rings (SSSR count). The van der Waals surface area contributed by atoms with E-state index in [2.05, 4.69) is 20.7 Å². The fourth-order valence-corrected chi connectivity index (χ4v) is 3.45. The van der Waals surface area contributed by atoms with Gasteiger partial charge in [-0.2, -0.15) is 0 Å². The van der Waals surface area contributed by atoms with Crippen LogP contribution < -0.4 is 10.5 Å². The average Bonchev–Trinajstić information content (AvgIpc) is 2.44. The molecule has 0 radical (unpaired) electrons. The van der Waals surface area contributed by atoms with Crippen molar-refractivity contribution in [2.45, 2.75) is 10.8 Å². The number of nitrogens with one attached hydrogen (secondary N) is 1. The van der Waals surface area contributed by atoms with Crippen LogP contribution in [0.5, 0.6) is 0 Å². The highest BCUT2D eigenvalue weighted by Crippen LogP contribution is 2.24. The number of rotatable bonds is 6. The van der Waals surface area contributed by atoms with Crippen LogP contribution in [0.2, 0.25) is 0 Å². The molecule has 0 aliphatic rings. The maximum atomic E-state index is 13.0. The monoisotopic (exact) mass is 422 g/mol. The van der Waals surface area contributed by atoms with E-state index in [0.29, 0.717) is 0 Å². The van der Waals surface area contributed by atoms with Crippen molar-refractivity contribution in [3.8, 4) is 0 Å². The van der Waals surface area contributed by atoms with E-state index in [4.69, 9.17) is 5.73 Å². The Morgan fingerprint density at radius 1 is 1.45 bits per heavy atom. The summed E-state index contributed by atoms with van der Waals surface area (Å²) in [4.78, 5) is 11.0. The number of hydrogen-bond acceptors (Lipinski definition) is 5. The van der Waals surface area contributed by atoms with Gasteiger partial charge in [-0.1, -0.05) is 0 Å². The fraction of sp³-hybridized carbons (Fsp3) is 0.364. The number of ether oxygens (including phenoxy) is 1. The van der Waals surface area contributed by atoms with Gasteiger partial charge in [0.2, 0.25) is 10.0 Å². The Kier molecular flexibility index (Phi) is 7.86. The summed E-state index contributed by atoms with van der Waals surface area (Å²) in [6.07, 6.45) is 0. The van der Waals surface area contributed by atoms with Gasteiger partial charge in [-0.05, 0) is 34.1 Å². The van der Waals surface area contributed by atoms with Gasteiger partial charge < -0.3 is 10.5 Å². The number of carbonyl (C=O) groups is 1. The summed E-state index contributed by atoms with van der Waals surface area (Å²) in [6, 6.07) is 3.55. The van der Waals surface area contributed by atoms with Crippen LogP contribution in [0.4, 0.5) is 8.78 Å². The number of sulfonamides is 1. The molecule has 6 nitrogen and oxygen atoms in total. The number of hydrogen-bond donors (Lipinski definition) is 2. The summed E-state index contributed by atoms with van der Waals surface area (Å²) in [7, 11) is -2.99. The minimum absolute atomic E-state index is 0. The summed E-state index contributed by atoms with van der Waals surface area (Å²) in [5.74, 6) is -3.99. The van der Waals surface area contributed by atoms with E-state index in [1.807, 2.05) is 0 Å². The highest BCUT2D eigenvalue weighted by Gasteiger charge is 2.30. The molecule has 0 aliphatic heterocycles. The number of carbonyl (C=O) groups excluding carboxylic acids is 1. The van der Waals surface area contributed by atoms with Crippen molar-refractivity contribution in [3.63, 3.8) is 0 Å². The molecule has 3 N–H and O–H groups in total. The second-order valence-corrected chi connectivity index (χ2v) is 6.61. The van der Waals surface area contributed by atoms with Crippen LogP contribution in [-0.4, -0.2) is 40.5 Å². The molecular weight excluding hydrogens is 410 g/mol. The molecule has 1 aromatic rings. The van der Waals surface area contributed by atoms with E-state index < -0.39 is 35.0 Å². The maximum Gasteiger partial charge on any atom is 0.337 e. The van der Waals surface area contributed by atoms with Crippen LogP contribution in [-0.2, 0) is 14.8 Å². The van der Waals surface area contributed by atoms with Gasteiger partial charge in [0, 0.05) is 4.47 Å². The van der Waals surface area contributed by atoms with E-state index in [0.717, 1.165) is 6.07 Å². The Labute approximate surface area is 141 Å². The molecule has 0 fully saturated rings. The number of halogens is 4. The van der Waals surface area contributed by atoms with Gasteiger partial charge in [0.15, 0.2) is 0 Å². The lowest BCUT2D eigenvalue weighted by molar-refractivity contribution is 0.0170. The summed E-state index contributed by atoms with van der Waals surface area (Å²) in [5.41, 5.74) is 4.95. The SMILES string of the molecule is COC(=O)c1ccc(S(=O)(=O)NCC(F)(F)CN)c(Br)c1.Cl. The van der Waals surface area contributed by atoms with E-state index in [9.17, 15) is 22.0 Å². The minimum atomic E-state index is -4.17. The Morgan fingerprint density at radius 3 is 2.50 bits per heavy atom. The third kappa shape index (κ3) is 5.43. The molecule has 0 aliphatic carbocycles. The molecule has 126 valence electrons. The van der Waals surface area contributed by atoms with Gasteiger partial charge in [-0.25, -0.2) is 26.7 Å². The first-order chi connectivity index (χ1) is 9.63. The first-order valence-corrected chi connectivity index (χ1v) is 7.86. The summed E-state index contributed by atoms with van der Waals surface area (Å²) >= 11 is 2.98. The summed E-state index contributed by atoms with van der Waals surface area (Å²) in [6.45, 7) is -2.09. The number of esters is 1. The molecule has 0 heterocycles. The quantitative estimate of drug-likeness (QED) is 0.676. The molecule has 22 heavy (non-hydrogen) atoms. The molecule has 1 aromatic carbocycles. The first kappa shape index (κ1) is 21.2. The number of methoxy groups -OCH3 is 1. The molecule has 0 saturated carbocycles. The topological polar surface area (TPSA) is 98.5 Å². The van der Waals surface area contributed by atoms with Gasteiger partial charge in [0.25, 0.3) is 5.92 Å². The minimum Gasteiger partial charge on any atom is -0.465 e. The first-order valence-electron chi connectivity index (χ1n) is 5.58. The lowest BCUT2D eigenvalue weighted by atomic mass is 10.2. The second kappa shape index (κ2) is 8.16. The van der Waals surface area contributed by atoms with Crippen molar-refractivity contribution < 1.29 is 26.7 Å². The highest BCUT2D eigenvalue weighted by atomic mass is 79.9. The van der Waals surface area contributed by atoms with Crippen molar-refractivity contribution in [2.75, 3.05) is 20.2 Å². The van der Waals surface area contributed by atoms with Crippen LogP contribution in [0, 0.1) is 0 Å². The van der Waals surface area contributed by atoms with Crippen molar-refractivity contribution in [1.29, 1.82) is 0 Å². The van der Waals surface area contributed by atoms with Gasteiger partial charge in [0.05, 0.1) is 30.7 Å². The van der Waals surface area contributed by atoms with E-state index in [1.165, 1.54) is 19.2 Å². The Hall–Kier alpha value is -0.810. The maximum absolute atomic E-state index is 13.0. The number of alkyl halides is 2.